The van der Waals surface area contributed by atoms with Crippen LogP contribution in [0.1, 0.15) is 52.9 Å². The van der Waals surface area contributed by atoms with Crippen molar-refractivity contribution in [2.24, 2.45) is 11.3 Å². The van der Waals surface area contributed by atoms with Gasteiger partial charge in [0.15, 0.2) is 0 Å². The fourth-order valence-electron chi connectivity index (χ4n) is 2.75. The standard InChI is InChI=1S/C13H27N/c1-5-7-9-13(3,6-2)12-8-10-14(4)11-12/h12H,5-11H2,1-4H3. The van der Waals surface area contributed by atoms with Crippen molar-refractivity contribution in [3.05, 3.63) is 0 Å². The van der Waals surface area contributed by atoms with E-state index in [1.807, 2.05) is 0 Å². The van der Waals surface area contributed by atoms with E-state index in [4.69, 9.17) is 0 Å². The van der Waals surface area contributed by atoms with Gasteiger partial charge in [-0.3, -0.25) is 0 Å². The second kappa shape index (κ2) is 5.16. The molecule has 0 radical (unpaired) electrons. The molecule has 0 N–H and O–H groups in total. The van der Waals surface area contributed by atoms with E-state index < -0.39 is 0 Å². The zero-order valence-electron chi connectivity index (χ0n) is 10.5. The molecule has 0 aromatic rings. The van der Waals surface area contributed by atoms with Gasteiger partial charge in [-0.05, 0) is 37.8 Å². The molecule has 1 nitrogen and oxygen atoms in total. The lowest BCUT2D eigenvalue weighted by Crippen LogP contribution is -2.29. The molecule has 0 saturated carbocycles. The minimum Gasteiger partial charge on any atom is -0.306 e. The maximum atomic E-state index is 2.51. The Morgan fingerprint density at radius 3 is 2.50 bits per heavy atom. The van der Waals surface area contributed by atoms with Gasteiger partial charge in [0, 0.05) is 6.54 Å². The predicted octanol–water partition coefficient (Wildman–Crippen LogP) is 3.54. The van der Waals surface area contributed by atoms with E-state index in [1.54, 1.807) is 0 Å². The Bertz CT molecular complexity index is 167. The van der Waals surface area contributed by atoms with Gasteiger partial charge in [0.1, 0.15) is 0 Å². The average Bonchev–Trinajstić information content (AvgIpc) is 2.62. The van der Waals surface area contributed by atoms with Gasteiger partial charge in [-0.15, -0.1) is 0 Å². The van der Waals surface area contributed by atoms with Crippen LogP contribution in [-0.4, -0.2) is 25.0 Å². The molecule has 14 heavy (non-hydrogen) atoms. The van der Waals surface area contributed by atoms with Crippen LogP contribution < -0.4 is 0 Å². The highest BCUT2D eigenvalue weighted by Crippen LogP contribution is 2.41. The first kappa shape index (κ1) is 12.0. The fourth-order valence-corrected chi connectivity index (χ4v) is 2.75. The number of hydrogen-bond acceptors (Lipinski definition) is 1. The van der Waals surface area contributed by atoms with E-state index in [9.17, 15) is 0 Å². The molecule has 2 unspecified atom stereocenters. The van der Waals surface area contributed by atoms with Gasteiger partial charge in [0.25, 0.3) is 0 Å². The molecule has 1 aliphatic rings. The average molecular weight is 197 g/mol. The Labute approximate surface area is 89.9 Å². The van der Waals surface area contributed by atoms with Gasteiger partial charge in [-0.25, -0.2) is 0 Å². The molecule has 0 aromatic carbocycles. The molecule has 84 valence electrons. The molecule has 0 spiro atoms. The van der Waals surface area contributed by atoms with Crippen molar-refractivity contribution in [2.45, 2.75) is 52.9 Å². The maximum Gasteiger partial charge on any atom is 0.00123 e. The monoisotopic (exact) mass is 197 g/mol. The Morgan fingerprint density at radius 1 is 1.36 bits per heavy atom. The molecule has 1 saturated heterocycles. The van der Waals surface area contributed by atoms with Gasteiger partial charge >= 0.3 is 0 Å². The van der Waals surface area contributed by atoms with Gasteiger partial charge in [-0.2, -0.15) is 0 Å². The number of rotatable bonds is 5. The molecule has 1 heterocycles. The van der Waals surface area contributed by atoms with Crippen molar-refractivity contribution in [3.63, 3.8) is 0 Å². The summed E-state index contributed by atoms with van der Waals surface area (Å²) in [7, 11) is 2.26. The maximum absolute atomic E-state index is 2.51. The smallest absolute Gasteiger partial charge is 0.00123 e. The summed E-state index contributed by atoms with van der Waals surface area (Å²) >= 11 is 0. The molecule has 1 aliphatic heterocycles. The van der Waals surface area contributed by atoms with Crippen LogP contribution in [0.3, 0.4) is 0 Å². The molecule has 0 amide bonds. The summed E-state index contributed by atoms with van der Waals surface area (Å²) in [6.07, 6.45) is 6.96. The molecular formula is C13H27N. The normalized spacial score (nSPS) is 27.9. The largest absolute Gasteiger partial charge is 0.306 e. The second-order valence-corrected chi connectivity index (χ2v) is 5.36. The van der Waals surface area contributed by atoms with Gasteiger partial charge < -0.3 is 4.90 Å². The SMILES string of the molecule is CCCCC(C)(CC)C1CCN(C)C1. The molecule has 1 rings (SSSR count). The fraction of sp³-hybridized carbons (Fsp3) is 1.00. The first-order valence-electron chi connectivity index (χ1n) is 6.31. The van der Waals surface area contributed by atoms with Crippen molar-refractivity contribution < 1.29 is 0 Å². The summed E-state index contributed by atoms with van der Waals surface area (Å²) in [4.78, 5) is 2.49. The van der Waals surface area contributed by atoms with Crippen LogP contribution >= 0.6 is 0 Å². The lowest BCUT2D eigenvalue weighted by Gasteiger charge is -2.35. The van der Waals surface area contributed by atoms with Crippen LogP contribution in [0.4, 0.5) is 0 Å². The van der Waals surface area contributed by atoms with Crippen LogP contribution in [-0.2, 0) is 0 Å². The van der Waals surface area contributed by atoms with Gasteiger partial charge in [-0.1, -0.05) is 40.0 Å². The molecular weight excluding hydrogens is 170 g/mol. The van der Waals surface area contributed by atoms with Crippen molar-refractivity contribution in [2.75, 3.05) is 20.1 Å². The highest BCUT2D eigenvalue weighted by molar-refractivity contribution is 4.87. The van der Waals surface area contributed by atoms with Gasteiger partial charge in [0.2, 0.25) is 0 Å². The van der Waals surface area contributed by atoms with E-state index in [0.717, 1.165) is 5.92 Å². The van der Waals surface area contributed by atoms with Crippen LogP contribution in [0, 0.1) is 11.3 Å². The number of nitrogens with zero attached hydrogens (tertiary/aromatic N) is 1. The molecule has 0 bridgehead atoms. The van der Waals surface area contributed by atoms with E-state index >= 15 is 0 Å². The topological polar surface area (TPSA) is 3.24 Å². The summed E-state index contributed by atoms with van der Waals surface area (Å²) in [5.41, 5.74) is 0.612. The van der Waals surface area contributed by atoms with Crippen molar-refractivity contribution in [1.82, 2.24) is 4.90 Å². The van der Waals surface area contributed by atoms with Crippen LogP contribution in [0.2, 0.25) is 0 Å². The van der Waals surface area contributed by atoms with Crippen LogP contribution in [0.25, 0.3) is 0 Å². The third-order valence-electron chi connectivity index (χ3n) is 4.29. The Hall–Kier alpha value is -0.0400. The van der Waals surface area contributed by atoms with E-state index in [1.165, 1.54) is 45.2 Å². The van der Waals surface area contributed by atoms with Crippen LogP contribution in [0.15, 0.2) is 0 Å². The van der Waals surface area contributed by atoms with E-state index in [2.05, 4.69) is 32.7 Å². The third kappa shape index (κ3) is 2.73. The summed E-state index contributed by atoms with van der Waals surface area (Å²) < 4.78 is 0. The Kier molecular flexibility index (Phi) is 4.43. The van der Waals surface area contributed by atoms with Crippen molar-refractivity contribution in [1.29, 1.82) is 0 Å². The van der Waals surface area contributed by atoms with Crippen molar-refractivity contribution >= 4 is 0 Å². The summed E-state index contributed by atoms with van der Waals surface area (Å²) in [5, 5.41) is 0. The molecule has 1 fully saturated rings. The first-order chi connectivity index (χ1) is 6.62. The Balaban J connectivity index is 2.50. The molecule has 1 heteroatoms. The third-order valence-corrected chi connectivity index (χ3v) is 4.29. The second-order valence-electron chi connectivity index (χ2n) is 5.36. The quantitative estimate of drug-likeness (QED) is 0.651. The zero-order chi connectivity index (χ0) is 10.6. The highest BCUT2D eigenvalue weighted by Gasteiger charge is 2.35. The minimum atomic E-state index is 0.612. The van der Waals surface area contributed by atoms with Crippen LogP contribution in [0.5, 0.6) is 0 Å². The number of likely N-dealkylation sites (tertiary alicyclic amines) is 1. The summed E-state index contributed by atoms with van der Waals surface area (Å²) in [6, 6.07) is 0. The van der Waals surface area contributed by atoms with Gasteiger partial charge in [0.05, 0.1) is 0 Å². The number of unbranched alkanes of at least 4 members (excludes halogenated alkanes) is 1. The number of hydrogen-bond donors (Lipinski definition) is 0. The first-order valence-corrected chi connectivity index (χ1v) is 6.31. The minimum absolute atomic E-state index is 0.612. The zero-order valence-corrected chi connectivity index (χ0v) is 10.5. The molecule has 0 aliphatic carbocycles. The van der Waals surface area contributed by atoms with E-state index in [-0.39, 0.29) is 0 Å². The lowest BCUT2D eigenvalue weighted by molar-refractivity contribution is 0.160. The molecule has 2 atom stereocenters. The van der Waals surface area contributed by atoms with Crippen molar-refractivity contribution in [3.8, 4) is 0 Å². The predicted molar refractivity (Wildman–Crippen MR) is 63.5 cm³/mol. The summed E-state index contributed by atoms with van der Waals surface area (Å²) in [5.74, 6) is 0.948. The highest BCUT2D eigenvalue weighted by atomic mass is 15.1. The Morgan fingerprint density at radius 2 is 2.07 bits per heavy atom. The molecule has 0 aromatic heterocycles. The van der Waals surface area contributed by atoms with E-state index in [0.29, 0.717) is 5.41 Å². The summed E-state index contributed by atoms with van der Waals surface area (Å²) in [6.45, 7) is 9.82. The lowest BCUT2D eigenvalue weighted by atomic mass is 9.71.